The molecule has 3 heteroatoms. The smallest absolute Gasteiger partial charge is 0.308 e. The SMILES string of the molecule is CCCCCCCCCCCCCC[C@@]1(C)CCc2c(C)c(OC(C)=O)c(C)c(C)c2O1. The average Bonchev–Trinajstić information content (AvgIpc) is 2.75. The van der Waals surface area contributed by atoms with Crippen LogP contribution in [0.3, 0.4) is 0 Å². The Balaban J connectivity index is 1.74. The van der Waals surface area contributed by atoms with E-state index in [2.05, 4.69) is 27.7 Å². The predicted molar refractivity (Wildman–Crippen MR) is 135 cm³/mol. The lowest BCUT2D eigenvalue weighted by molar-refractivity contribution is -0.132. The first-order valence-electron chi connectivity index (χ1n) is 13.3. The first-order valence-corrected chi connectivity index (χ1v) is 13.3. The minimum atomic E-state index is -0.260. The van der Waals surface area contributed by atoms with Gasteiger partial charge in [-0.15, -0.1) is 0 Å². The molecule has 0 aromatic heterocycles. The molecular weight excluding hydrogens is 396 g/mol. The van der Waals surface area contributed by atoms with E-state index >= 15 is 0 Å². The van der Waals surface area contributed by atoms with Gasteiger partial charge in [-0.2, -0.15) is 0 Å². The number of unbranched alkanes of at least 4 members (excludes halogenated alkanes) is 11. The third-order valence-electron chi connectivity index (χ3n) is 7.37. The highest BCUT2D eigenvalue weighted by Gasteiger charge is 2.34. The van der Waals surface area contributed by atoms with Gasteiger partial charge in [0, 0.05) is 12.5 Å². The summed E-state index contributed by atoms with van der Waals surface area (Å²) >= 11 is 0. The Morgan fingerprint density at radius 1 is 0.844 bits per heavy atom. The number of rotatable bonds is 14. The maximum absolute atomic E-state index is 11.5. The third kappa shape index (κ3) is 7.81. The van der Waals surface area contributed by atoms with Crippen molar-refractivity contribution >= 4 is 5.97 Å². The van der Waals surface area contributed by atoms with E-state index in [1.54, 1.807) is 0 Å². The Bertz CT molecular complexity index is 737. The van der Waals surface area contributed by atoms with E-state index in [0.29, 0.717) is 0 Å². The summed E-state index contributed by atoms with van der Waals surface area (Å²) in [6.07, 6.45) is 19.7. The molecule has 1 heterocycles. The van der Waals surface area contributed by atoms with Crippen molar-refractivity contribution in [1.29, 1.82) is 0 Å². The molecule has 3 nitrogen and oxygen atoms in total. The number of hydrogen-bond donors (Lipinski definition) is 0. The van der Waals surface area contributed by atoms with Crippen LogP contribution in [0.15, 0.2) is 0 Å². The predicted octanol–water partition coefficient (Wildman–Crippen LogP) is 8.71. The van der Waals surface area contributed by atoms with Crippen molar-refractivity contribution in [3.63, 3.8) is 0 Å². The maximum atomic E-state index is 11.5. The zero-order valence-electron chi connectivity index (χ0n) is 21.8. The Morgan fingerprint density at radius 2 is 1.38 bits per heavy atom. The number of carbonyl (C=O) groups excluding carboxylic acids is 1. The van der Waals surface area contributed by atoms with Crippen LogP contribution in [0, 0.1) is 20.8 Å². The number of ether oxygens (including phenoxy) is 2. The Morgan fingerprint density at radius 3 is 1.91 bits per heavy atom. The van der Waals surface area contributed by atoms with E-state index < -0.39 is 0 Å². The molecule has 182 valence electrons. The Labute approximate surface area is 197 Å². The van der Waals surface area contributed by atoms with Crippen LogP contribution in [0.5, 0.6) is 11.5 Å². The maximum Gasteiger partial charge on any atom is 0.308 e. The van der Waals surface area contributed by atoms with Crippen LogP contribution in [-0.2, 0) is 11.2 Å². The highest BCUT2D eigenvalue weighted by Crippen LogP contribution is 2.45. The number of benzene rings is 1. The van der Waals surface area contributed by atoms with Gasteiger partial charge in [0.2, 0.25) is 0 Å². The van der Waals surface area contributed by atoms with Crippen molar-refractivity contribution in [3.05, 3.63) is 22.3 Å². The highest BCUT2D eigenvalue weighted by atomic mass is 16.5. The second-order valence-electron chi connectivity index (χ2n) is 10.3. The molecule has 1 aliphatic rings. The van der Waals surface area contributed by atoms with Gasteiger partial charge in [0.25, 0.3) is 0 Å². The fourth-order valence-corrected chi connectivity index (χ4v) is 5.09. The van der Waals surface area contributed by atoms with Crippen LogP contribution in [0.4, 0.5) is 0 Å². The van der Waals surface area contributed by atoms with Gasteiger partial charge < -0.3 is 9.47 Å². The summed E-state index contributed by atoms with van der Waals surface area (Å²) in [4.78, 5) is 11.5. The lowest BCUT2D eigenvalue weighted by Gasteiger charge is -2.38. The van der Waals surface area contributed by atoms with Gasteiger partial charge in [0.1, 0.15) is 17.1 Å². The summed E-state index contributed by atoms with van der Waals surface area (Å²) in [7, 11) is 0. The lowest BCUT2D eigenvalue weighted by Crippen LogP contribution is -2.37. The summed E-state index contributed by atoms with van der Waals surface area (Å²) < 4.78 is 12.2. The fraction of sp³-hybridized carbons (Fsp3) is 0.759. The molecule has 0 fully saturated rings. The number of carbonyl (C=O) groups is 1. The minimum Gasteiger partial charge on any atom is -0.487 e. The van der Waals surface area contributed by atoms with Crippen LogP contribution < -0.4 is 9.47 Å². The standard InChI is InChI=1S/C29H48O3/c1-7-8-9-10-11-12-13-14-15-16-17-18-20-29(6)21-19-26-24(4)27(31-25(5)30)22(2)23(3)28(26)32-29/h7-21H2,1-6H3/t29-/m0/s1. The van der Waals surface area contributed by atoms with Crippen LogP contribution in [0.2, 0.25) is 0 Å². The monoisotopic (exact) mass is 444 g/mol. The largest absolute Gasteiger partial charge is 0.487 e. The van der Waals surface area contributed by atoms with E-state index in [1.807, 2.05) is 6.92 Å². The van der Waals surface area contributed by atoms with Crippen LogP contribution in [0.1, 0.15) is 133 Å². The zero-order valence-corrected chi connectivity index (χ0v) is 21.8. The molecule has 0 spiro atoms. The molecule has 0 amide bonds. The van der Waals surface area contributed by atoms with Crippen LogP contribution >= 0.6 is 0 Å². The second kappa shape index (κ2) is 13.3. The molecule has 0 radical (unpaired) electrons. The summed E-state index contributed by atoms with van der Waals surface area (Å²) in [5, 5.41) is 0. The van der Waals surface area contributed by atoms with Crippen molar-refractivity contribution in [2.24, 2.45) is 0 Å². The van der Waals surface area contributed by atoms with Gasteiger partial charge in [0.05, 0.1) is 0 Å². The van der Waals surface area contributed by atoms with Gasteiger partial charge in [-0.3, -0.25) is 4.79 Å². The lowest BCUT2D eigenvalue weighted by atomic mass is 9.84. The summed E-state index contributed by atoms with van der Waals surface area (Å²) in [6.45, 7) is 12.2. The van der Waals surface area contributed by atoms with E-state index in [-0.39, 0.29) is 11.6 Å². The zero-order chi connectivity index (χ0) is 23.6. The molecular formula is C29H48O3. The summed E-state index contributed by atoms with van der Waals surface area (Å²) in [5.74, 6) is 1.49. The van der Waals surface area contributed by atoms with Crippen molar-refractivity contribution in [3.8, 4) is 11.5 Å². The average molecular weight is 445 g/mol. The molecule has 1 aromatic rings. The van der Waals surface area contributed by atoms with E-state index in [4.69, 9.17) is 9.47 Å². The van der Waals surface area contributed by atoms with Gasteiger partial charge in [0.15, 0.2) is 0 Å². The number of esters is 1. The minimum absolute atomic E-state index is 0.0852. The summed E-state index contributed by atoms with van der Waals surface area (Å²) in [6, 6.07) is 0. The van der Waals surface area contributed by atoms with E-state index in [9.17, 15) is 4.79 Å². The molecule has 0 saturated heterocycles. The number of hydrogen-bond acceptors (Lipinski definition) is 3. The normalized spacial score (nSPS) is 17.7. The molecule has 0 N–H and O–H groups in total. The first-order chi connectivity index (χ1) is 15.3. The third-order valence-corrected chi connectivity index (χ3v) is 7.37. The van der Waals surface area contributed by atoms with Gasteiger partial charge in [-0.1, -0.05) is 77.6 Å². The molecule has 0 saturated carbocycles. The topological polar surface area (TPSA) is 35.5 Å². The quantitative estimate of drug-likeness (QED) is 0.163. The van der Waals surface area contributed by atoms with Crippen LogP contribution in [-0.4, -0.2) is 11.6 Å². The van der Waals surface area contributed by atoms with Crippen molar-refractivity contribution in [2.75, 3.05) is 0 Å². The Kier molecular flexibility index (Phi) is 11.1. The van der Waals surface area contributed by atoms with Crippen molar-refractivity contribution in [2.45, 2.75) is 143 Å². The fourth-order valence-electron chi connectivity index (χ4n) is 5.09. The van der Waals surface area contributed by atoms with E-state index in [0.717, 1.165) is 47.5 Å². The summed E-state index contributed by atoms with van der Waals surface area (Å²) in [5.41, 5.74) is 4.33. The Hall–Kier alpha value is -1.51. The van der Waals surface area contributed by atoms with Crippen molar-refractivity contribution in [1.82, 2.24) is 0 Å². The molecule has 1 aromatic carbocycles. The van der Waals surface area contributed by atoms with E-state index in [1.165, 1.54) is 89.5 Å². The van der Waals surface area contributed by atoms with Crippen molar-refractivity contribution < 1.29 is 14.3 Å². The molecule has 1 aliphatic heterocycles. The molecule has 0 aliphatic carbocycles. The van der Waals surface area contributed by atoms with Gasteiger partial charge in [-0.05, 0) is 70.1 Å². The molecule has 2 rings (SSSR count). The highest BCUT2D eigenvalue weighted by molar-refractivity contribution is 5.72. The molecule has 0 bridgehead atoms. The number of fused-ring (bicyclic) bond motifs is 1. The second-order valence-corrected chi connectivity index (χ2v) is 10.3. The molecule has 32 heavy (non-hydrogen) atoms. The van der Waals surface area contributed by atoms with Crippen LogP contribution in [0.25, 0.3) is 0 Å². The van der Waals surface area contributed by atoms with Gasteiger partial charge >= 0.3 is 5.97 Å². The molecule has 1 atom stereocenters. The van der Waals surface area contributed by atoms with Gasteiger partial charge in [-0.25, -0.2) is 0 Å². The first kappa shape index (κ1) is 26.7. The molecule has 0 unspecified atom stereocenters.